The maximum Gasteiger partial charge on any atom is 0.342 e. The molecule has 0 atom stereocenters. The minimum atomic E-state index is -2.49. The molecule has 0 aliphatic rings. The zero-order chi connectivity index (χ0) is 31.7. The van der Waals surface area contributed by atoms with Gasteiger partial charge < -0.3 is 8.37 Å². The van der Waals surface area contributed by atoms with Gasteiger partial charge in [-0.25, -0.2) is 9.59 Å². The van der Waals surface area contributed by atoms with Gasteiger partial charge in [0.1, 0.15) is 0 Å². The van der Waals surface area contributed by atoms with E-state index in [4.69, 9.17) is 8.37 Å². The van der Waals surface area contributed by atoms with Gasteiger partial charge in [-0.05, 0) is 93.4 Å². The van der Waals surface area contributed by atoms with Crippen LogP contribution in [-0.4, -0.2) is 11.9 Å². The van der Waals surface area contributed by atoms with Gasteiger partial charge in [0, 0.05) is 41.5 Å². The van der Waals surface area contributed by atoms with Crippen LogP contribution in [0.2, 0.25) is 0 Å². The number of hydrogen-bond donors (Lipinski definition) is 0. The zero-order valence-electron chi connectivity index (χ0n) is 24.9. The van der Waals surface area contributed by atoms with E-state index in [1.165, 1.54) is 12.2 Å². The van der Waals surface area contributed by atoms with E-state index in [9.17, 15) is 9.59 Å². The molecule has 6 aromatic rings. The van der Waals surface area contributed by atoms with Crippen molar-refractivity contribution in [2.45, 2.75) is 29.4 Å². The van der Waals surface area contributed by atoms with Crippen molar-refractivity contribution in [3.05, 3.63) is 194 Å². The van der Waals surface area contributed by atoms with E-state index in [-0.39, 0.29) is 0 Å². The number of carbonyl (C=O) groups is 2. The third kappa shape index (κ3) is 6.26. The van der Waals surface area contributed by atoms with Crippen LogP contribution in [0.25, 0.3) is 0 Å². The fourth-order valence-corrected chi connectivity index (χ4v) is 11.3. The Labute approximate surface area is 273 Å². The summed E-state index contributed by atoms with van der Waals surface area (Å²) in [5.41, 5.74) is 0. The van der Waals surface area contributed by atoms with Crippen LogP contribution in [-0.2, 0) is 18.0 Å². The second kappa shape index (κ2) is 14.2. The lowest BCUT2D eigenvalue weighted by atomic mass is 10.4. The second-order valence-electron chi connectivity index (χ2n) is 10.1. The molecular weight excluding hydrogens is 609 g/mol. The van der Waals surface area contributed by atoms with Gasteiger partial charge in [-0.3, -0.25) is 0 Å². The highest BCUT2D eigenvalue weighted by atomic mass is 32.3. The van der Waals surface area contributed by atoms with E-state index in [0.717, 1.165) is 29.4 Å². The van der Waals surface area contributed by atoms with Crippen LogP contribution in [0.1, 0.15) is 0 Å². The smallest absolute Gasteiger partial charge is 0.342 e. The Morgan fingerprint density at radius 1 is 0.326 bits per heavy atom. The van der Waals surface area contributed by atoms with E-state index in [0.29, 0.717) is 0 Å². The standard InChI is InChI=1S/C40H32O4S2/c41-39(43-45(33-19-7-1-8-20-33,34-21-9-2-10-22-34)35-23-11-3-12-24-35)31-32-40(42)44-46(36-25-13-4-14-26-36,37-27-15-5-16-28-37)38-29-17-6-18-30-38/h1-32H/b32-31-. The van der Waals surface area contributed by atoms with E-state index in [1.807, 2.05) is 182 Å². The molecule has 0 bridgehead atoms. The van der Waals surface area contributed by atoms with E-state index in [2.05, 4.69) is 0 Å². The van der Waals surface area contributed by atoms with Gasteiger partial charge in [0.2, 0.25) is 0 Å². The summed E-state index contributed by atoms with van der Waals surface area (Å²) in [6.07, 6.45) is 2.34. The Morgan fingerprint density at radius 2 is 0.500 bits per heavy atom. The number of rotatable bonds is 10. The third-order valence-electron chi connectivity index (χ3n) is 7.22. The predicted molar refractivity (Wildman–Crippen MR) is 185 cm³/mol. The van der Waals surface area contributed by atoms with Crippen LogP contribution in [0.15, 0.2) is 224 Å². The molecule has 0 aliphatic carbocycles. The quantitative estimate of drug-likeness (QED) is 0.140. The summed E-state index contributed by atoms with van der Waals surface area (Å²) in [7, 11) is -4.98. The monoisotopic (exact) mass is 640 g/mol. The summed E-state index contributed by atoms with van der Waals surface area (Å²) in [5, 5.41) is 0. The lowest BCUT2D eigenvalue weighted by Crippen LogP contribution is -2.14. The van der Waals surface area contributed by atoms with E-state index in [1.54, 1.807) is 0 Å². The largest absolute Gasteiger partial charge is 0.399 e. The first-order chi connectivity index (χ1) is 22.6. The van der Waals surface area contributed by atoms with Crippen molar-refractivity contribution in [3.8, 4) is 0 Å². The first-order valence-corrected chi connectivity index (χ1v) is 17.9. The minimum absolute atomic E-state index is 0.650. The molecule has 0 saturated carbocycles. The van der Waals surface area contributed by atoms with Crippen LogP contribution in [0, 0.1) is 0 Å². The van der Waals surface area contributed by atoms with Crippen LogP contribution >= 0.6 is 20.6 Å². The Bertz CT molecular complexity index is 1560. The van der Waals surface area contributed by atoms with Gasteiger partial charge in [-0.15, -0.1) is 0 Å². The van der Waals surface area contributed by atoms with Crippen LogP contribution in [0.3, 0.4) is 0 Å². The van der Waals surface area contributed by atoms with Crippen molar-refractivity contribution < 1.29 is 18.0 Å². The SMILES string of the molecule is O=C(/C=C\C(=O)OS(c1ccccc1)(c1ccccc1)c1ccccc1)OS(c1ccccc1)(c1ccccc1)c1ccccc1. The molecule has 0 fully saturated rings. The van der Waals surface area contributed by atoms with Crippen molar-refractivity contribution in [1.82, 2.24) is 0 Å². The van der Waals surface area contributed by atoms with Gasteiger partial charge in [0.05, 0.1) is 0 Å². The van der Waals surface area contributed by atoms with Gasteiger partial charge >= 0.3 is 11.9 Å². The molecule has 0 aromatic heterocycles. The normalized spacial score (nSPS) is 12.3. The summed E-state index contributed by atoms with van der Waals surface area (Å²) in [6.45, 7) is 0. The minimum Gasteiger partial charge on any atom is -0.399 e. The fourth-order valence-electron chi connectivity index (χ4n) is 5.22. The fraction of sp³-hybridized carbons (Fsp3) is 0. The molecule has 0 heterocycles. The Hall–Kier alpha value is -5.30. The van der Waals surface area contributed by atoms with Crippen LogP contribution < -0.4 is 0 Å². The highest BCUT2D eigenvalue weighted by Gasteiger charge is 2.36. The first-order valence-electron chi connectivity index (χ1n) is 14.7. The zero-order valence-corrected chi connectivity index (χ0v) is 26.6. The van der Waals surface area contributed by atoms with Gasteiger partial charge in [-0.2, -0.15) is 0 Å². The Balaban J connectivity index is 1.38. The van der Waals surface area contributed by atoms with Gasteiger partial charge in [0.15, 0.2) is 0 Å². The molecule has 0 spiro atoms. The summed E-state index contributed by atoms with van der Waals surface area (Å²) in [4.78, 5) is 32.7. The average Bonchev–Trinajstić information content (AvgIpc) is 3.14. The van der Waals surface area contributed by atoms with Crippen LogP contribution in [0.4, 0.5) is 0 Å². The van der Waals surface area contributed by atoms with Crippen molar-refractivity contribution in [1.29, 1.82) is 0 Å². The molecule has 4 nitrogen and oxygen atoms in total. The maximum atomic E-state index is 13.8. The maximum absolute atomic E-state index is 13.8. The number of benzene rings is 6. The molecule has 0 radical (unpaired) electrons. The Morgan fingerprint density at radius 3 is 0.674 bits per heavy atom. The summed E-state index contributed by atoms with van der Waals surface area (Å²) < 4.78 is 13.0. The highest BCUT2D eigenvalue weighted by molar-refractivity contribution is 8.30. The van der Waals surface area contributed by atoms with Crippen molar-refractivity contribution in [2.75, 3.05) is 0 Å². The molecule has 6 aromatic carbocycles. The Kier molecular flexibility index (Phi) is 9.48. The van der Waals surface area contributed by atoms with Gasteiger partial charge in [0.25, 0.3) is 0 Å². The topological polar surface area (TPSA) is 52.6 Å². The van der Waals surface area contributed by atoms with Crippen molar-refractivity contribution in [3.63, 3.8) is 0 Å². The molecule has 46 heavy (non-hydrogen) atoms. The van der Waals surface area contributed by atoms with E-state index < -0.39 is 32.6 Å². The molecule has 0 amide bonds. The molecule has 0 N–H and O–H groups in total. The first kappa shape index (κ1) is 30.7. The lowest BCUT2D eigenvalue weighted by molar-refractivity contribution is -0.130. The molecule has 6 heteroatoms. The lowest BCUT2D eigenvalue weighted by Gasteiger charge is -2.39. The van der Waals surface area contributed by atoms with E-state index >= 15 is 0 Å². The summed E-state index contributed by atoms with van der Waals surface area (Å²) in [6, 6.07) is 58.4. The average molecular weight is 641 g/mol. The molecular formula is C40H32O4S2. The molecule has 0 unspecified atom stereocenters. The molecule has 0 aliphatic heterocycles. The summed E-state index contributed by atoms with van der Waals surface area (Å²) >= 11 is 0. The molecule has 0 saturated heterocycles. The predicted octanol–water partition coefficient (Wildman–Crippen LogP) is 10.4. The van der Waals surface area contributed by atoms with Gasteiger partial charge in [-0.1, -0.05) is 109 Å². The number of hydrogen-bond acceptors (Lipinski definition) is 4. The second-order valence-corrected chi connectivity index (χ2v) is 15.5. The highest BCUT2D eigenvalue weighted by Crippen LogP contribution is 2.70. The van der Waals surface area contributed by atoms with Crippen LogP contribution in [0.5, 0.6) is 0 Å². The molecule has 6 rings (SSSR count). The number of carbonyl (C=O) groups excluding carboxylic acids is 2. The molecule has 228 valence electrons. The summed E-state index contributed by atoms with van der Waals surface area (Å²) in [5.74, 6) is -1.30. The van der Waals surface area contributed by atoms with Crippen molar-refractivity contribution >= 4 is 32.6 Å². The van der Waals surface area contributed by atoms with Crippen molar-refractivity contribution in [2.24, 2.45) is 0 Å². The third-order valence-corrected chi connectivity index (χ3v) is 13.7.